The average Bonchev–Trinajstić information content (AvgIpc) is 3.20. The van der Waals surface area contributed by atoms with Crippen molar-refractivity contribution < 1.29 is 27.2 Å². The number of amides is 2. The largest absolute Gasteiger partial charge is 0.457 e. The molecule has 3 aromatic rings. The van der Waals surface area contributed by atoms with Crippen LogP contribution >= 0.6 is 0 Å². The monoisotopic (exact) mass is 400 g/mol. The zero-order valence-corrected chi connectivity index (χ0v) is 14.9. The molecule has 0 atom stereocenters. The van der Waals surface area contributed by atoms with E-state index in [1.807, 2.05) is 0 Å². The molecule has 0 radical (unpaired) electrons. The number of furan rings is 1. The van der Waals surface area contributed by atoms with Crippen LogP contribution in [0.25, 0.3) is 17.4 Å². The highest BCUT2D eigenvalue weighted by Gasteiger charge is 2.30. The van der Waals surface area contributed by atoms with Gasteiger partial charge >= 0.3 is 6.18 Å². The summed E-state index contributed by atoms with van der Waals surface area (Å²) in [4.78, 5) is 23.6. The first kappa shape index (κ1) is 19.9. The molecule has 2 aromatic carbocycles. The smallest absolute Gasteiger partial charge is 0.416 e. The Morgan fingerprint density at radius 2 is 1.66 bits per heavy atom. The first-order valence-corrected chi connectivity index (χ1v) is 8.44. The Kier molecular flexibility index (Phi) is 5.82. The lowest BCUT2D eigenvalue weighted by atomic mass is 10.1. The van der Waals surface area contributed by atoms with E-state index in [9.17, 15) is 22.8 Å². The molecule has 2 amide bonds. The predicted octanol–water partition coefficient (Wildman–Crippen LogP) is 4.44. The maximum atomic E-state index is 12.8. The van der Waals surface area contributed by atoms with Crippen LogP contribution in [0.15, 0.2) is 77.2 Å². The maximum absolute atomic E-state index is 12.8. The van der Waals surface area contributed by atoms with Crippen molar-refractivity contribution in [3.8, 4) is 11.3 Å². The highest BCUT2D eigenvalue weighted by Crippen LogP contribution is 2.32. The van der Waals surface area contributed by atoms with Gasteiger partial charge in [-0.15, -0.1) is 0 Å². The minimum absolute atomic E-state index is 0.230. The zero-order chi connectivity index (χ0) is 20.9. The minimum Gasteiger partial charge on any atom is -0.457 e. The molecule has 0 aliphatic heterocycles. The SMILES string of the molecule is O=C(C=Cc1ccc(-c2cccc(C(F)(F)F)c2)o1)NNC(=O)c1ccccc1. The van der Waals surface area contributed by atoms with Crippen molar-refractivity contribution in [1.29, 1.82) is 0 Å². The van der Waals surface area contributed by atoms with Crippen LogP contribution in [0.1, 0.15) is 21.7 Å². The molecule has 0 fully saturated rings. The topological polar surface area (TPSA) is 71.3 Å². The van der Waals surface area contributed by atoms with Gasteiger partial charge in [0.1, 0.15) is 11.5 Å². The van der Waals surface area contributed by atoms with Crippen molar-refractivity contribution >= 4 is 17.9 Å². The van der Waals surface area contributed by atoms with Crippen molar-refractivity contribution in [2.45, 2.75) is 6.18 Å². The van der Waals surface area contributed by atoms with Gasteiger partial charge in [0.25, 0.3) is 11.8 Å². The summed E-state index contributed by atoms with van der Waals surface area (Å²) in [7, 11) is 0. The van der Waals surface area contributed by atoms with E-state index in [2.05, 4.69) is 10.9 Å². The second-order valence-electron chi connectivity index (χ2n) is 5.92. The number of hydrogen-bond donors (Lipinski definition) is 2. The van der Waals surface area contributed by atoms with E-state index in [0.29, 0.717) is 5.56 Å². The standard InChI is InChI=1S/C21H15F3N2O3/c22-21(23,24)16-8-4-7-15(13-16)18-11-9-17(29-18)10-12-19(27)25-26-20(28)14-5-2-1-3-6-14/h1-13H,(H,25,27)(H,26,28). The van der Waals surface area contributed by atoms with E-state index >= 15 is 0 Å². The van der Waals surface area contributed by atoms with Gasteiger partial charge in [-0.05, 0) is 42.5 Å². The van der Waals surface area contributed by atoms with Gasteiger partial charge in [0.05, 0.1) is 5.56 Å². The van der Waals surface area contributed by atoms with Crippen LogP contribution in [0, 0.1) is 0 Å². The number of nitrogens with one attached hydrogen (secondary N) is 2. The lowest BCUT2D eigenvalue weighted by Gasteiger charge is -2.07. The van der Waals surface area contributed by atoms with E-state index in [0.717, 1.165) is 18.2 Å². The van der Waals surface area contributed by atoms with E-state index in [1.54, 1.807) is 30.3 Å². The van der Waals surface area contributed by atoms with Crippen molar-refractivity contribution in [3.05, 3.63) is 89.7 Å². The predicted molar refractivity (Wildman–Crippen MR) is 100 cm³/mol. The Bertz CT molecular complexity index is 1040. The number of hydrogen-bond acceptors (Lipinski definition) is 3. The molecular weight excluding hydrogens is 385 g/mol. The second kappa shape index (κ2) is 8.47. The van der Waals surface area contributed by atoms with Crippen LogP contribution in [-0.2, 0) is 11.0 Å². The van der Waals surface area contributed by atoms with Crippen molar-refractivity contribution in [1.82, 2.24) is 10.9 Å². The third-order valence-electron chi connectivity index (χ3n) is 3.84. The third kappa shape index (κ3) is 5.35. The molecule has 0 unspecified atom stereocenters. The summed E-state index contributed by atoms with van der Waals surface area (Å²) in [5.41, 5.74) is 4.35. The number of carbonyl (C=O) groups is 2. The summed E-state index contributed by atoms with van der Waals surface area (Å²) in [6.45, 7) is 0. The molecule has 0 spiro atoms. The average molecular weight is 400 g/mol. The first-order chi connectivity index (χ1) is 13.8. The van der Waals surface area contributed by atoms with Gasteiger partial charge < -0.3 is 4.42 Å². The van der Waals surface area contributed by atoms with Crippen molar-refractivity contribution in [2.75, 3.05) is 0 Å². The Balaban J connectivity index is 1.60. The normalized spacial score (nSPS) is 11.4. The van der Waals surface area contributed by atoms with Gasteiger partial charge in [-0.25, -0.2) is 0 Å². The van der Waals surface area contributed by atoms with Crippen LogP contribution in [-0.4, -0.2) is 11.8 Å². The number of benzene rings is 2. The molecule has 3 rings (SSSR count). The highest BCUT2D eigenvalue weighted by atomic mass is 19.4. The van der Waals surface area contributed by atoms with E-state index in [1.165, 1.54) is 30.3 Å². The fourth-order valence-electron chi connectivity index (χ4n) is 2.43. The molecule has 1 heterocycles. The quantitative estimate of drug-likeness (QED) is 0.502. The van der Waals surface area contributed by atoms with Gasteiger partial charge in [0.2, 0.25) is 0 Å². The minimum atomic E-state index is -4.45. The molecule has 0 saturated carbocycles. The summed E-state index contributed by atoms with van der Waals surface area (Å²) in [6, 6.07) is 16.1. The van der Waals surface area contributed by atoms with E-state index < -0.39 is 23.6 Å². The molecule has 0 aliphatic rings. The van der Waals surface area contributed by atoms with Gasteiger partial charge in [0.15, 0.2) is 0 Å². The van der Waals surface area contributed by atoms with Crippen molar-refractivity contribution in [3.63, 3.8) is 0 Å². The van der Waals surface area contributed by atoms with Crippen molar-refractivity contribution in [2.24, 2.45) is 0 Å². The molecule has 148 valence electrons. The fraction of sp³-hybridized carbons (Fsp3) is 0.0476. The fourth-order valence-corrected chi connectivity index (χ4v) is 2.43. The maximum Gasteiger partial charge on any atom is 0.416 e. The molecule has 0 aliphatic carbocycles. The number of carbonyl (C=O) groups excluding carboxylic acids is 2. The second-order valence-corrected chi connectivity index (χ2v) is 5.92. The van der Waals surface area contributed by atoms with Gasteiger partial charge in [-0.3, -0.25) is 20.4 Å². The van der Waals surface area contributed by atoms with Crippen LogP contribution < -0.4 is 10.9 Å². The highest BCUT2D eigenvalue weighted by molar-refractivity contribution is 5.97. The number of alkyl halides is 3. The molecule has 0 bridgehead atoms. The first-order valence-electron chi connectivity index (χ1n) is 8.44. The molecule has 8 heteroatoms. The Labute approximate surface area is 163 Å². The summed E-state index contributed by atoms with van der Waals surface area (Å²) in [5.74, 6) is -0.584. The summed E-state index contributed by atoms with van der Waals surface area (Å²) in [6.07, 6.45) is -1.99. The van der Waals surface area contributed by atoms with E-state index in [4.69, 9.17) is 4.42 Å². The van der Waals surface area contributed by atoms with Crippen LogP contribution in [0.2, 0.25) is 0 Å². The molecule has 0 saturated heterocycles. The number of rotatable bonds is 4. The molecule has 2 N–H and O–H groups in total. The van der Waals surface area contributed by atoms with Gasteiger partial charge in [0, 0.05) is 17.2 Å². The lowest BCUT2D eigenvalue weighted by Crippen LogP contribution is -2.40. The zero-order valence-electron chi connectivity index (χ0n) is 14.9. The Hall–Kier alpha value is -3.81. The van der Waals surface area contributed by atoms with Crippen LogP contribution in [0.4, 0.5) is 13.2 Å². The van der Waals surface area contributed by atoms with Crippen LogP contribution in [0.5, 0.6) is 0 Å². The molecular formula is C21H15F3N2O3. The van der Waals surface area contributed by atoms with Crippen LogP contribution in [0.3, 0.4) is 0 Å². The number of hydrazine groups is 1. The summed E-state index contributed by atoms with van der Waals surface area (Å²) < 4.78 is 43.9. The third-order valence-corrected chi connectivity index (χ3v) is 3.84. The van der Waals surface area contributed by atoms with E-state index in [-0.39, 0.29) is 17.1 Å². The molecule has 1 aromatic heterocycles. The van der Waals surface area contributed by atoms with Gasteiger partial charge in [-0.2, -0.15) is 13.2 Å². The number of halogens is 3. The molecule has 29 heavy (non-hydrogen) atoms. The van der Waals surface area contributed by atoms with Gasteiger partial charge in [-0.1, -0.05) is 30.3 Å². The summed E-state index contributed by atoms with van der Waals surface area (Å²) >= 11 is 0. The summed E-state index contributed by atoms with van der Waals surface area (Å²) in [5, 5.41) is 0. The Morgan fingerprint density at radius 3 is 2.38 bits per heavy atom. The molecule has 5 nitrogen and oxygen atoms in total. The Morgan fingerprint density at radius 1 is 0.897 bits per heavy atom. The lowest BCUT2D eigenvalue weighted by molar-refractivity contribution is -0.137.